The topological polar surface area (TPSA) is 94.2 Å². The van der Waals surface area contributed by atoms with Crippen molar-refractivity contribution in [1.29, 1.82) is 0 Å². The third-order valence-electron chi connectivity index (χ3n) is 6.79. The molecule has 0 aliphatic carbocycles. The second-order valence-electron chi connectivity index (χ2n) is 9.52. The lowest BCUT2D eigenvalue weighted by Crippen LogP contribution is -2.33. The summed E-state index contributed by atoms with van der Waals surface area (Å²) in [4.78, 5) is 40.0. The van der Waals surface area contributed by atoms with Gasteiger partial charge >= 0.3 is 5.97 Å². The molecule has 0 bridgehead atoms. The summed E-state index contributed by atoms with van der Waals surface area (Å²) in [5.74, 6) is 0.314. The zero-order chi connectivity index (χ0) is 30.6. The maximum Gasteiger partial charge on any atom is 0.328 e. The van der Waals surface area contributed by atoms with E-state index in [9.17, 15) is 14.4 Å². The normalized spacial score (nSPS) is 11.1. The third kappa shape index (κ3) is 7.89. The van der Waals surface area contributed by atoms with Crippen molar-refractivity contribution in [2.75, 3.05) is 37.6 Å². The van der Waals surface area contributed by atoms with E-state index in [0.29, 0.717) is 40.4 Å². The lowest BCUT2D eigenvalue weighted by atomic mass is 10.00. The Kier molecular flexibility index (Phi) is 10.7. The van der Waals surface area contributed by atoms with Crippen LogP contribution in [-0.4, -0.2) is 51.1 Å². The molecule has 8 heteroatoms. The molecule has 0 aliphatic heterocycles. The first-order valence-electron chi connectivity index (χ1n) is 13.8. The number of carbonyl (C=O) groups is 3. The summed E-state index contributed by atoms with van der Waals surface area (Å²) >= 11 is 0. The number of methoxy groups -OCH3 is 2. The highest BCUT2D eigenvalue weighted by molar-refractivity contribution is 6.12. The summed E-state index contributed by atoms with van der Waals surface area (Å²) in [6.07, 6.45) is 1.57. The Hall–Kier alpha value is -5.37. The van der Waals surface area contributed by atoms with Crippen LogP contribution in [0.25, 0.3) is 0 Å². The van der Waals surface area contributed by atoms with Crippen LogP contribution in [0.15, 0.2) is 116 Å². The average Bonchev–Trinajstić information content (AvgIpc) is 3.06. The summed E-state index contributed by atoms with van der Waals surface area (Å²) in [6, 6.07) is 29.9. The zero-order valence-corrected chi connectivity index (χ0v) is 24.2. The SMILES string of the molecule is C=CC(=O)N(CCOc1ccc(CC(Nc2ccccc2C(=O)c2ccccc2)C(=O)OC)cc1)c1ccccc1OC. The molecule has 1 N–H and O–H groups in total. The Labute approximate surface area is 251 Å². The summed E-state index contributed by atoms with van der Waals surface area (Å²) in [7, 11) is 2.89. The van der Waals surface area contributed by atoms with Crippen molar-refractivity contribution in [2.45, 2.75) is 12.5 Å². The molecule has 0 fully saturated rings. The van der Waals surface area contributed by atoms with Crippen molar-refractivity contribution in [2.24, 2.45) is 0 Å². The molecule has 0 saturated heterocycles. The fourth-order valence-corrected chi connectivity index (χ4v) is 4.60. The Morgan fingerprint density at radius 1 is 0.860 bits per heavy atom. The first-order valence-corrected chi connectivity index (χ1v) is 13.8. The number of ether oxygens (including phenoxy) is 3. The number of hydrogen-bond acceptors (Lipinski definition) is 7. The van der Waals surface area contributed by atoms with Crippen LogP contribution in [0, 0.1) is 0 Å². The van der Waals surface area contributed by atoms with Gasteiger partial charge in [-0.15, -0.1) is 0 Å². The van der Waals surface area contributed by atoms with Gasteiger partial charge in [0.15, 0.2) is 5.78 Å². The highest BCUT2D eigenvalue weighted by atomic mass is 16.5. The van der Waals surface area contributed by atoms with Crippen LogP contribution in [0.1, 0.15) is 21.5 Å². The van der Waals surface area contributed by atoms with Gasteiger partial charge in [0.2, 0.25) is 0 Å². The fourth-order valence-electron chi connectivity index (χ4n) is 4.60. The number of rotatable bonds is 14. The molecule has 4 aromatic carbocycles. The van der Waals surface area contributed by atoms with Crippen molar-refractivity contribution in [3.63, 3.8) is 0 Å². The molecular weight excluding hydrogens is 544 g/mol. The van der Waals surface area contributed by atoms with Crippen molar-refractivity contribution < 1.29 is 28.6 Å². The van der Waals surface area contributed by atoms with E-state index in [1.165, 1.54) is 13.2 Å². The lowest BCUT2D eigenvalue weighted by Gasteiger charge is -2.23. The lowest BCUT2D eigenvalue weighted by molar-refractivity contribution is -0.141. The van der Waals surface area contributed by atoms with Crippen LogP contribution in [0.4, 0.5) is 11.4 Å². The zero-order valence-electron chi connectivity index (χ0n) is 24.2. The molecule has 43 heavy (non-hydrogen) atoms. The average molecular weight is 579 g/mol. The van der Waals surface area contributed by atoms with E-state index in [1.54, 1.807) is 66.6 Å². The van der Waals surface area contributed by atoms with Crippen molar-refractivity contribution >= 4 is 29.0 Å². The second kappa shape index (κ2) is 15.0. The summed E-state index contributed by atoms with van der Waals surface area (Å²) in [6.45, 7) is 4.12. The summed E-state index contributed by atoms with van der Waals surface area (Å²) in [5, 5.41) is 3.22. The van der Waals surface area contributed by atoms with E-state index in [0.717, 1.165) is 5.56 Å². The first kappa shape index (κ1) is 30.6. The minimum absolute atomic E-state index is 0.145. The third-order valence-corrected chi connectivity index (χ3v) is 6.79. The largest absolute Gasteiger partial charge is 0.495 e. The summed E-state index contributed by atoms with van der Waals surface area (Å²) < 4.78 is 16.4. The molecule has 1 unspecified atom stereocenters. The number of benzene rings is 4. The highest BCUT2D eigenvalue weighted by Gasteiger charge is 2.23. The minimum atomic E-state index is -0.735. The number of carbonyl (C=O) groups excluding carboxylic acids is 3. The number of amides is 1. The van der Waals surface area contributed by atoms with Gasteiger partial charge in [0.1, 0.15) is 24.1 Å². The van der Waals surface area contributed by atoms with Gasteiger partial charge in [-0.3, -0.25) is 9.59 Å². The molecule has 0 aromatic heterocycles. The second-order valence-corrected chi connectivity index (χ2v) is 9.52. The van der Waals surface area contributed by atoms with Gasteiger partial charge in [0.05, 0.1) is 26.5 Å². The Morgan fingerprint density at radius 2 is 1.53 bits per heavy atom. The number of para-hydroxylation sites is 3. The van der Waals surface area contributed by atoms with Crippen LogP contribution in [0.5, 0.6) is 11.5 Å². The number of nitrogens with zero attached hydrogens (tertiary/aromatic N) is 1. The molecule has 0 spiro atoms. The maximum absolute atomic E-state index is 13.2. The first-order chi connectivity index (χ1) is 20.9. The van der Waals surface area contributed by atoms with Crippen molar-refractivity contribution in [1.82, 2.24) is 0 Å². The van der Waals surface area contributed by atoms with Gasteiger partial charge in [-0.05, 0) is 48.0 Å². The van der Waals surface area contributed by atoms with Crippen LogP contribution in [-0.2, 0) is 20.7 Å². The predicted octanol–water partition coefficient (Wildman–Crippen LogP) is 5.72. The maximum atomic E-state index is 13.2. The molecule has 8 nitrogen and oxygen atoms in total. The van der Waals surface area contributed by atoms with Crippen molar-refractivity contribution in [3.05, 3.63) is 132 Å². The van der Waals surface area contributed by atoms with Crippen molar-refractivity contribution in [3.8, 4) is 11.5 Å². The molecule has 0 radical (unpaired) electrons. The van der Waals surface area contributed by atoms with Crippen LogP contribution >= 0.6 is 0 Å². The quantitative estimate of drug-likeness (QED) is 0.116. The van der Waals surface area contributed by atoms with Crippen LogP contribution < -0.4 is 19.7 Å². The van der Waals surface area contributed by atoms with E-state index in [4.69, 9.17) is 14.2 Å². The van der Waals surface area contributed by atoms with Gasteiger partial charge < -0.3 is 24.4 Å². The molecule has 0 aliphatic rings. The Morgan fingerprint density at radius 3 is 2.23 bits per heavy atom. The molecule has 1 atom stereocenters. The molecule has 4 rings (SSSR count). The van der Waals surface area contributed by atoms with E-state index in [-0.39, 0.29) is 24.8 Å². The Balaban J connectivity index is 1.42. The van der Waals surface area contributed by atoms with Crippen LogP contribution in [0.3, 0.4) is 0 Å². The van der Waals surface area contributed by atoms with Gasteiger partial charge in [-0.2, -0.15) is 0 Å². The molecular formula is C35H34N2O6. The minimum Gasteiger partial charge on any atom is -0.495 e. The van der Waals surface area contributed by atoms with E-state index in [1.807, 2.05) is 48.5 Å². The summed E-state index contributed by atoms with van der Waals surface area (Å²) in [5.41, 5.74) is 3.05. The Bertz CT molecular complexity index is 1550. The highest BCUT2D eigenvalue weighted by Crippen LogP contribution is 2.28. The molecule has 220 valence electrons. The van der Waals surface area contributed by atoms with E-state index in [2.05, 4.69) is 11.9 Å². The molecule has 1 amide bonds. The number of nitrogens with one attached hydrogen (secondary N) is 1. The van der Waals surface area contributed by atoms with E-state index < -0.39 is 12.0 Å². The monoisotopic (exact) mass is 578 g/mol. The van der Waals surface area contributed by atoms with Gasteiger partial charge in [-0.1, -0.05) is 73.3 Å². The smallest absolute Gasteiger partial charge is 0.328 e. The number of ketones is 1. The van der Waals surface area contributed by atoms with Gasteiger partial charge in [0, 0.05) is 23.2 Å². The van der Waals surface area contributed by atoms with Crippen LogP contribution in [0.2, 0.25) is 0 Å². The standard InChI is InChI=1S/C35H34N2O6/c1-4-33(38)37(31-16-10-11-17-32(31)41-2)22-23-43-27-20-18-25(19-21-27)24-30(35(40)42-3)36-29-15-9-8-14-28(29)34(39)26-12-6-5-7-13-26/h4-21,30,36H,1,22-24H2,2-3H3. The fraction of sp³-hybridized carbons (Fsp3) is 0.171. The van der Waals surface area contributed by atoms with Gasteiger partial charge in [-0.25, -0.2) is 4.79 Å². The molecule has 0 saturated carbocycles. The molecule has 0 heterocycles. The number of esters is 1. The number of hydrogen-bond donors (Lipinski definition) is 1. The molecule has 4 aromatic rings. The van der Waals surface area contributed by atoms with Gasteiger partial charge in [0.25, 0.3) is 5.91 Å². The number of anilines is 2. The predicted molar refractivity (Wildman–Crippen MR) is 167 cm³/mol. The van der Waals surface area contributed by atoms with E-state index >= 15 is 0 Å².